The number of aromatic nitrogens is 2. The van der Waals surface area contributed by atoms with E-state index in [1.165, 1.54) is 16.1 Å². The van der Waals surface area contributed by atoms with Gasteiger partial charge in [-0.05, 0) is 25.3 Å². The summed E-state index contributed by atoms with van der Waals surface area (Å²) in [5.41, 5.74) is 3.02. The number of nitrogens with one attached hydrogen (secondary N) is 1. The molecule has 2 heterocycles. The van der Waals surface area contributed by atoms with Crippen molar-refractivity contribution in [1.29, 1.82) is 0 Å². The summed E-state index contributed by atoms with van der Waals surface area (Å²) in [4.78, 5) is 12.4. The van der Waals surface area contributed by atoms with Gasteiger partial charge in [0.25, 0.3) is 0 Å². The summed E-state index contributed by atoms with van der Waals surface area (Å²) in [6, 6.07) is 8.24. The first-order valence-corrected chi connectivity index (χ1v) is 10.5. The predicted molar refractivity (Wildman–Crippen MR) is 100 cm³/mol. The Balaban J connectivity index is 1.54. The van der Waals surface area contributed by atoms with E-state index >= 15 is 0 Å². The molecule has 26 heavy (non-hydrogen) atoms. The molecular weight excluding hydrogens is 352 g/mol. The standard InChI is InChI=1S/C18H24N4O3S/c1-14-3-5-15(6-4-14)12-21-13-17(11-19-21)20-18(23)16-7-9-22(10-8-16)26(2,24)25/h3-6,11,13,16H,7-10,12H2,1-2H3,(H,20,23). The number of hydrogen-bond donors (Lipinski definition) is 1. The van der Waals surface area contributed by atoms with Crippen LogP contribution in [0, 0.1) is 12.8 Å². The van der Waals surface area contributed by atoms with Crippen molar-refractivity contribution in [1.82, 2.24) is 14.1 Å². The van der Waals surface area contributed by atoms with Gasteiger partial charge in [-0.25, -0.2) is 12.7 Å². The zero-order chi connectivity index (χ0) is 18.7. The van der Waals surface area contributed by atoms with Crippen molar-refractivity contribution < 1.29 is 13.2 Å². The highest BCUT2D eigenvalue weighted by molar-refractivity contribution is 7.88. The van der Waals surface area contributed by atoms with Crippen molar-refractivity contribution >= 4 is 21.6 Å². The quantitative estimate of drug-likeness (QED) is 0.863. The van der Waals surface area contributed by atoms with Gasteiger partial charge in [0.1, 0.15) is 0 Å². The molecule has 0 saturated carbocycles. The van der Waals surface area contributed by atoms with Crippen LogP contribution in [0.4, 0.5) is 5.69 Å². The third-order valence-electron chi connectivity index (χ3n) is 4.66. The summed E-state index contributed by atoms with van der Waals surface area (Å²) in [7, 11) is -3.17. The Morgan fingerprint density at radius 1 is 1.23 bits per heavy atom. The fourth-order valence-corrected chi connectivity index (χ4v) is 3.96. The molecule has 1 aliphatic heterocycles. The molecule has 0 unspecified atom stereocenters. The van der Waals surface area contributed by atoms with Crippen molar-refractivity contribution in [2.75, 3.05) is 24.7 Å². The summed E-state index contributed by atoms with van der Waals surface area (Å²) in [6.07, 6.45) is 5.73. The van der Waals surface area contributed by atoms with Gasteiger partial charge in [0.15, 0.2) is 0 Å². The van der Waals surface area contributed by atoms with Crippen LogP contribution in [0.1, 0.15) is 24.0 Å². The molecule has 7 nitrogen and oxygen atoms in total. The molecule has 1 N–H and O–H groups in total. The number of amides is 1. The molecule has 1 saturated heterocycles. The van der Waals surface area contributed by atoms with Crippen LogP contribution in [-0.2, 0) is 21.4 Å². The van der Waals surface area contributed by atoms with E-state index in [2.05, 4.69) is 34.7 Å². The molecule has 0 atom stereocenters. The van der Waals surface area contributed by atoms with E-state index in [1.807, 2.05) is 13.1 Å². The molecule has 1 aromatic carbocycles. The Bertz CT molecular complexity index is 866. The highest BCUT2D eigenvalue weighted by Gasteiger charge is 2.29. The number of carbonyl (C=O) groups is 1. The fraction of sp³-hybridized carbons (Fsp3) is 0.444. The Labute approximate surface area is 154 Å². The molecule has 3 rings (SSSR count). The van der Waals surface area contributed by atoms with Crippen molar-refractivity contribution in [2.24, 2.45) is 5.92 Å². The van der Waals surface area contributed by atoms with Gasteiger partial charge in [-0.3, -0.25) is 9.48 Å². The Hall–Kier alpha value is -2.19. The molecule has 140 valence electrons. The lowest BCUT2D eigenvalue weighted by Crippen LogP contribution is -2.40. The van der Waals surface area contributed by atoms with E-state index in [1.54, 1.807) is 10.9 Å². The number of sulfonamides is 1. The zero-order valence-electron chi connectivity index (χ0n) is 15.1. The van der Waals surface area contributed by atoms with Gasteiger partial charge in [0.05, 0.1) is 24.7 Å². The summed E-state index contributed by atoms with van der Waals surface area (Å²) in [6.45, 7) is 3.47. The van der Waals surface area contributed by atoms with Crippen molar-refractivity contribution in [3.63, 3.8) is 0 Å². The Morgan fingerprint density at radius 2 is 1.88 bits per heavy atom. The zero-order valence-corrected chi connectivity index (χ0v) is 15.9. The van der Waals surface area contributed by atoms with Crippen LogP contribution >= 0.6 is 0 Å². The number of benzene rings is 1. The minimum atomic E-state index is -3.17. The van der Waals surface area contributed by atoms with Crippen LogP contribution in [0.3, 0.4) is 0 Å². The summed E-state index contributed by atoms with van der Waals surface area (Å²) >= 11 is 0. The third-order valence-corrected chi connectivity index (χ3v) is 5.96. The minimum Gasteiger partial charge on any atom is -0.323 e. The highest BCUT2D eigenvalue weighted by Crippen LogP contribution is 2.21. The van der Waals surface area contributed by atoms with Crippen molar-refractivity contribution in [3.05, 3.63) is 47.8 Å². The molecule has 1 aliphatic rings. The number of aryl methyl sites for hydroxylation is 1. The maximum absolute atomic E-state index is 12.4. The van der Waals surface area contributed by atoms with Crippen molar-refractivity contribution in [2.45, 2.75) is 26.3 Å². The van der Waals surface area contributed by atoms with E-state index in [0.29, 0.717) is 38.2 Å². The lowest BCUT2D eigenvalue weighted by molar-refractivity contribution is -0.120. The van der Waals surface area contributed by atoms with Gasteiger partial charge in [0.2, 0.25) is 15.9 Å². The van der Waals surface area contributed by atoms with Crippen LogP contribution in [0.25, 0.3) is 0 Å². The van der Waals surface area contributed by atoms with Crippen molar-refractivity contribution in [3.8, 4) is 0 Å². The Kier molecular flexibility index (Phi) is 5.43. The Morgan fingerprint density at radius 3 is 2.50 bits per heavy atom. The average molecular weight is 376 g/mol. The topological polar surface area (TPSA) is 84.3 Å². The lowest BCUT2D eigenvalue weighted by Gasteiger charge is -2.29. The van der Waals surface area contributed by atoms with Gasteiger partial charge in [-0.2, -0.15) is 5.10 Å². The number of piperidine rings is 1. The molecule has 0 aliphatic carbocycles. The second-order valence-corrected chi connectivity index (χ2v) is 8.82. The maximum Gasteiger partial charge on any atom is 0.227 e. The maximum atomic E-state index is 12.4. The third kappa shape index (κ3) is 4.70. The van der Waals surface area contributed by atoms with Crippen LogP contribution < -0.4 is 5.32 Å². The summed E-state index contributed by atoms with van der Waals surface area (Å²) < 4.78 is 26.3. The van der Waals surface area contributed by atoms with E-state index in [9.17, 15) is 13.2 Å². The molecule has 0 radical (unpaired) electrons. The van der Waals surface area contributed by atoms with Gasteiger partial charge < -0.3 is 5.32 Å². The lowest BCUT2D eigenvalue weighted by atomic mass is 9.97. The second-order valence-electron chi connectivity index (χ2n) is 6.84. The first-order valence-electron chi connectivity index (χ1n) is 8.65. The number of hydrogen-bond acceptors (Lipinski definition) is 4. The van der Waals surface area contributed by atoms with E-state index in [0.717, 1.165) is 5.56 Å². The molecule has 1 amide bonds. The molecule has 2 aromatic rings. The molecular formula is C18H24N4O3S. The number of nitrogens with zero attached hydrogens (tertiary/aromatic N) is 3. The molecule has 0 bridgehead atoms. The highest BCUT2D eigenvalue weighted by atomic mass is 32.2. The van der Waals surface area contributed by atoms with E-state index < -0.39 is 10.0 Å². The van der Waals surface area contributed by atoms with Gasteiger partial charge in [0, 0.05) is 25.2 Å². The first kappa shape index (κ1) is 18.6. The fourth-order valence-electron chi connectivity index (χ4n) is 3.09. The largest absolute Gasteiger partial charge is 0.323 e. The van der Waals surface area contributed by atoms with Crippen LogP contribution in [0.2, 0.25) is 0 Å². The normalized spacial score (nSPS) is 16.5. The van der Waals surface area contributed by atoms with Gasteiger partial charge in [-0.1, -0.05) is 29.8 Å². The molecule has 1 fully saturated rings. The van der Waals surface area contributed by atoms with Crippen LogP contribution in [-0.4, -0.2) is 47.8 Å². The average Bonchev–Trinajstić information content (AvgIpc) is 3.03. The van der Waals surface area contributed by atoms with Crippen LogP contribution in [0.15, 0.2) is 36.7 Å². The smallest absolute Gasteiger partial charge is 0.227 e. The number of carbonyl (C=O) groups excluding carboxylic acids is 1. The summed E-state index contributed by atoms with van der Waals surface area (Å²) in [5.74, 6) is -0.249. The minimum absolute atomic E-state index is 0.0759. The molecule has 0 spiro atoms. The number of rotatable bonds is 5. The second kappa shape index (κ2) is 7.59. The molecule has 1 aromatic heterocycles. The van der Waals surface area contributed by atoms with Gasteiger partial charge in [-0.15, -0.1) is 0 Å². The first-order chi connectivity index (χ1) is 12.3. The van der Waals surface area contributed by atoms with Crippen LogP contribution in [0.5, 0.6) is 0 Å². The number of anilines is 1. The predicted octanol–water partition coefficient (Wildman–Crippen LogP) is 1.85. The van der Waals surface area contributed by atoms with E-state index in [-0.39, 0.29) is 11.8 Å². The summed E-state index contributed by atoms with van der Waals surface area (Å²) in [5, 5.41) is 7.18. The SMILES string of the molecule is Cc1ccc(Cn2cc(NC(=O)C3CCN(S(C)(=O)=O)CC3)cn2)cc1. The monoisotopic (exact) mass is 376 g/mol. The molecule has 8 heteroatoms. The van der Waals surface area contributed by atoms with Gasteiger partial charge >= 0.3 is 0 Å². The van der Waals surface area contributed by atoms with E-state index in [4.69, 9.17) is 0 Å².